The van der Waals surface area contributed by atoms with Crippen LogP contribution in [-0.2, 0) is 19.8 Å². The van der Waals surface area contributed by atoms with E-state index in [0.29, 0.717) is 18.7 Å². The van der Waals surface area contributed by atoms with Crippen LogP contribution >= 0.6 is 0 Å². The molecule has 29 heavy (non-hydrogen) atoms. The fourth-order valence-electron chi connectivity index (χ4n) is 3.50. The Balaban J connectivity index is 1.49. The van der Waals surface area contributed by atoms with Crippen LogP contribution in [0, 0.1) is 11.7 Å². The van der Waals surface area contributed by atoms with Gasteiger partial charge < -0.3 is 14.0 Å². The van der Waals surface area contributed by atoms with Crippen molar-refractivity contribution in [2.75, 3.05) is 13.2 Å². The molecule has 152 valence electrons. The number of aromatic nitrogens is 4. The van der Waals surface area contributed by atoms with Gasteiger partial charge in [-0.25, -0.2) is 14.1 Å². The molecule has 0 saturated carbocycles. The maximum atomic E-state index is 13.3. The zero-order valence-corrected chi connectivity index (χ0v) is 16.4. The van der Waals surface area contributed by atoms with E-state index in [9.17, 15) is 9.18 Å². The van der Waals surface area contributed by atoms with Gasteiger partial charge in [0.1, 0.15) is 18.5 Å². The smallest absolute Gasteiger partial charge is 0.312 e. The van der Waals surface area contributed by atoms with E-state index in [1.54, 1.807) is 35.5 Å². The molecule has 0 N–H and O–H groups in total. The van der Waals surface area contributed by atoms with Gasteiger partial charge in [0, 0.05) is 25.2 Å². The van der Waals surface area contributed by atoms with Gasteiger partial charge in [0.15, 0.2) is 0 Å². The largest absolute Gasteiger partial charge is 0.463 e. The predicted molar refractivity (Wildman–Crippen MR) is 103 cm³/mol. The highest BCUT2D eigenvalue weighted by molar-refractivity contribution is 5.73. The van der Waals surface area contributed by atoms with Crippen LogP contribution in [0.3, 0.4) is 0 Å². The molecule has 0 spiro atoms. The van der Waals surface area contributed by atoms with Gasteiger partial charge in [-0.2, -0.15) is 5.10 Å². The number of hydrogen-bond acceptors (Lipinski definition) is 5. The molecule has 0 aliphatic carbocycles. The summed E-state index contributed by atoms with van der Waals surface area (Å²) in [4.78, 5) is 16.9. The highest BCUT2D eigenvalue weighted by Crippen LogP contribution is 2.36. The first-order valence-electron chi connectivity index (χ1n) is 9.52. The van der Waals surface area contributed by atoms with Crippen LogP contribution in [0.1, 0.15) is 32.1 Å². The van der Waals surface area contributed by atoms with Crippen molar-refractivity contribution >= 4 is 5.97 Å². The SMILES string of the molecule is CC(C)(COC(=O)[C@@H]1CCO[C@H]1c1ccnn1-c1ccc(F)cc1)n1ccnc1. The Labute approximate surface area is 168 Å². The minimum atomic E-state index is -0.466. The van der Waals surface area contributed by atoms with Gasteiger partial charge in [-0.3, -0.25) is 4.79 Å². The summed E-state index contributed by atoms with van der Waals surface area (Å²) < 4.78 is 28.4. The Morgan fingerprint density at radius 1 is 1.28 bits per heavy atom. The van der Waals surface area contributed by atoms with Crippen LogP contribution in [-0.4, -0.2) is 38.5 Å². The van der Waals surface area contributed by atoms with Gasteiger partial charge in [-0.05, 0) is 50.6 Å². The summed E-state index contributed by atoms with van der Waals surface area (Å²) in [6, 6.07) is 7.85. The number of hydrogen-bond donors (Lipinski definition) is 0. The van der Waals surface area contributed by atoms with Crippen LogP contribution in [0.4, 0.5) is 4.39 Å². The first kappa shape index (κ1) is 19.3. The van der Waals surface area contributed by atoms with E-state index in [2.05, 4.69) is 10.1 Å². The number of ether oxygens (including phenoxy) is 2. The summed E-state index contributed by atoms with van der Waals surface area (Å²) in [5, 5.41) is 4.33. The van der Waals surface area contributed by atoms with Gasteiger partial charge in [-0.1, -0.05) is 0 Å². The molecular weight excluding hydrogens is 375 g/mol. The van der Waals surface area contributed by atoms with Crippen LogP contribution in [0.25, 0.3) is 5.69 Å². The third-order valence-corrected chi connectivity index (χ3v) is 5.20. The van der Waals surface area contributed by atoms with E-state index in [-0.39, 0.29) is 18.4 Å². The lowest BCUT2D eigenvalue weighted by atomic mass is 9.98. The summed E-state index contributed by atoms with van der Waals surface area (Å²) in [5.41, 5.74) is 1.04. The lowest BCUT2D eigenvalue weighted by Gasteiger charge is -2.27. The zero-order valence-electron chi connectivity index (χ0n) is 16.4. The molecule has 1 saturated heterocycles. The van der Waals surface area contributed by atoms with E-state index in [0.717, 1.165) is 5.69 Å². The topological polar surface area (TPSA) is 71.2 Å². The average Bonchev–Trinajstić information content (AvgIpc) is 3.47. The number of esters is 1. The molecule has 2 atom stereocenters. The number of benzene rings is 1. The molecule has 1 aliphatic heterocycles. The van der Waals surface area contributed by atoms with Gasteiger partial charge in [0.05, 0.1) is 29.2 Å². The van der Waals surface area contributed by atoms with Crippen LogP contribution < -0.4 is 0 Å². The molecule has 1 fully saturated rings. The van der Waals surface area contributed by atoms with Gasteiger partial charge in [-0.15, -0.1) is 0 Å². The second kappa shape index (κ2) is 7.79. The van der Waals surface area contributed by atoms with Crippen molar-refractivity contribution in [1.82, 2.24) is 19.3 Å². The summed E-state index contributed by atoms with van der Waals surface area (Å²) in [6.45, 7) is 4.65. The van der Waals surface area contributed by atoms with Crippen LogP contribution in [0.5, 0.6) is 0 Å². The normalized spacial score (nSPS) is 19.4. The van der Waals surface area contributed by atoms with Crippen molar-refractivity contribution in [3.63, 3.8) is 0 Å². The van der Waals surface area contributed by atoms with Crippen molar-refractivity contribution in [2.45, 2.75) is 31.9 Å². The highest BCUT2D eigenvalue weighted by Gasteiger charge is 2.39. The van der Waals surface area contributed by atoms with E-state index in [1.165, 1.54) is 12.1 Å². The highest BCUT2D eigenvalue weighted by atomic mass is 19.1. The maximum Gasteiger partial charge on any atom is 0.312 e. The molecular formula is C21H23FN4O3. The van der Waals surface area contributed by atoms with Gasteiger partial charge in [0.2, 0.25) is 0 Å². The first-order valence-corrected chi connectivity index (χ1v) is 9.52. The van der Waals surface area contributed by atoms with Crippen LogP contribution in [0.2, 0.25) is 0 Å². The first-order chi connectivity index (χ1) is 14.0. The van der Waals surface area contributed by atoms with Gasteiger partial charge in [0.25, 0.3) is 0 Å². The number of carbonyl (C=O) groups excluding carboxylic acids is 1. The maximum absolute atomic E-state index is 13.3. The number of carbonyl (C=O) groups is 1. The van der Waals surface area contributed by atoms with Crippen LogP contribution in [0.15, 0.2) is 55.2 Å². The minimum absolute atomic E-state index is 0.225. The Hall–Kier alpha value is -3.00. The van der Waals surface area contributed by atoms with Crippen molar-refractivity contribution in [2.24, 2.45) is 5.92 Å². The van der Waals surface area contributed by atoms with Crippen molar-refractivity contribution in [1.29, 1.82) is 0 Å². The van der Waals surface area contributed by atoms with E-state index in [1.807, 2.05) is 30.7 Å². The van der Waals surface area contributed by atoms with E-state index in [4.69, 9.17) is 9.47 Å². The Kier molecular flexibility index (Phi) is 5.19. The summed E-state index contributed by atoms with van der Waals surface area (Å²) in [6.07, 6.45) is 6.99. The van der Waals surface area contributed by atoms with Crippen molar-refractivity contribution < 1.29 is 18.7 Å². The predicted octanol–water partition coefficient (Wildman–Crippen LogP) is 3.26. The molecule has 3 heterocycles. The fraction of sp³-hybridized carbons (Fsp3) is 0.381. The molecule has 8 heteroatoms. The number of nitrogens with zero attached hydrogens (tertiary/aromatic N) is 4. The summed E-state index contributed by atoms with van der Waals surface area (Å²) >= 11 is 0. The molecule has 0 amide bonds. The Morgan fingerprint density at radius 2 is 2.07 bits per heavy atom. The Morgan fingerprint density at radius 3 is 2.79 bits per heavy atom. The molecule has 0 unspecified atom stereocenters. The molecule has 0 bridgehead atoms. The fourth-order valence-corrected chi connectivity index (χ4v) is 3.50. The monoisotopic (exact) mass is 398 g/mol. The number of imidazole rings is 1. The lowest BCUT2D eigenvalue weighted by Crippen LogP contribution is -2.34. The second-order valence-electron chi connectivity index (χ2n) is 7.72. The lowest BCUT2D eigenvalue weighted by molar-refractivity contribution is -0.153. The molecule has 1 aliphatic rings. The van der Waals surface area contributed by atoms with E-state index < -0.39 is 17.6 Å². The molecule has 3 aromatic rings. The van der Waals surface area contributed by atoms with E-state index >= 15 is 0 Å². The Bertz CT molecular complexity index is 966. The third-order valence-electron chi connectivity index (χ3n) is 5.20. The standard InChI is InChI=1S/C21H23FN4O3/c1-21(2,25-11-10-23-14-25)13-29-20(27)17-8-12-28-19(17)18-7-9-24-26(18)16-5-3-15(22)4-6-16/h3-7,9-11,14,17,19H,8,12-13H2,1-2H3/t17-,19-/m1/s1. The summed E-state index contributed by atoms with van der Waals surface area (Å²) in [5.74, 6) is -1.04. The summed E-state index contributed by atoms with van der Waals surface area (Å²) in [7, 11) is 0. The minimum Gasteiger partial charge on any atom is -0.463 e. The molecule has 4 rings (SSSR count). The zero-order chi connectivity index (χ0) is 20.4. The molecule has 1 aromatic carbocycles. The van der Waals surface area contributed by atoms with Gasteiger partial charge >= 0.3 is 5.97 Å². The second-order valence-corrected chi connectivity index (χ2v) is 7.72. The molecule has 2 aromatic heterocycles. The molecule has 7 nitrogen and oxygen atoms in total. The number of halogens is 1. The molecule has 0 radical (unpaired) electrons. The number of rotatable bonds is 6. The quantitative estimate of drug-likeness (QED) is 0.596. The van der Waals surface area contributed by atoms with Crippen molar-refractivity contribution in [3.8, 4) is 5.69 Å². The van der Waals surface area contributed by atoms with Crippen molar-refractivity contribution in [3.05, 3.63) is 66.8 Å². The average molecular weight is 398 g/mol. The third kappa shape index (κ3) is 3.93.